The zero-order valence-corrected chi connectivity index (χ0v) is 12.4. The number of anilines is 1. The van der Waals surface area contributed by atoms with Gasteiger partial charge in [0, 0.05) is 41.9 Å². The van der Waals surface area contributed by atoms with Crippen LogP contribution in [-0.2, 0) is 0 Å². The lowest BCUT2D eigenvalue weighted by Gasteiger charge is -2.31. The van der Waals surface area contributed by atoms with E-state index < -0.39 is 0 Å². The van der Waals surface area contributed by atoms with E-state index in [0.29, 0.717) is 12.1 Å². The Kier molecular flexibility index (Phi) is 5.03. The largest absolute Gasteiger partial charge is 0.396 e. The Bertz CT molecular complexity index is 386. The number of aliphatic hydroxyl groups is 1. The number of halogens is 1. The zero-order valence-electron chi connectivity index (χ0n) is 10.8. The van der Waals surface area contributed by atoms with Crippen LogP contribution in [0.4, 0.5) is 5.69 Å². The molecule has 18 heavy (non-hydrogen) atoms. The lowest BCUT2D eigenvalue weighted by molar-refractivity contribution is 0.272. The Morgan fingerprint density at radius 3 is 3.06 bits per heavy atom. The lowest BCUT2D eigenvalue weighted by Crippen LogP contribution is -2.41. The van der Waals surface area contributed by atoms with Gasteiger partial charge in [0.2, 0.25) is 0 Å². The fourth-order valence-corrected chi connectivity index (χ4v) is 2.85. The Morgan fingerprint density at radius 1 is 1.50 bits per heavy atom. The number of rotatable bonds is 3. The summed E-state index contributed by atoms with van der Waals surface area (Å²) in [6, 6.07) is 9.32. The van der Waals surface area contributed by atoms with Gasteiger partial charge in [0.05, 0.1) is 0 Å². The molecule has 0 amide bonds. The average Bonchev–Trinajstić information content (AvgIpc) is 2.53. The van der Waals surface area contributed by atoms with Gasteiger partial charge >= 0.3 is 0 Å². The van der Waals surface area contributed by atoms with Crippen molar-refractivity contribution in [2.24, 2.45) is 0 Å². The molecule has 0 bridgehead atoms. The van der Waals surface area contributed by atoms with Crippen LogP contribution >= 0.6 is 15.9 Å². The van der Waals surface area contributed by atoms with E-state index in [0.717, 1.165) is 30.4 Å². The molecule has 2 rings (SSSR count). The molecule has 4 heteroatoms. The first kappa shape index (κ1) is 13.8. The second kappa shape index (κ2) is 6.55. The second-order valence-corrected chi connectivity index (χ2v) is 5.85. The average molecular weight is 313 g/mol. The van der Waals surface area contributed by atoms with Crippen molar-refractivity contribution in [3.05, 3.63) is 28.7 Å². The highest BCUT2D eigenvalue weighted by Gasteiger charge is 2.23. The highest BCUT2D eigenvalue weighted by molar-refractivity contribution is 9.10. The van der Waals surface area contributed by atoms with Gasteiger partial charge in [-0.25, -0.2) is 0 Å². The number of nitrogens with one attached hydrogen (secondary N) is 1. The molecule has 3 nitrogen and oxygen atoms in total. The number of benzene rings is 1. The Morgan fingerprint density at radius 2 is 2.33 bits per heavy atom. The van der Waals surface area contributed by atoms with Gasteiger partial charge in [-0.3, -0.25) is 0 Å². The van der Waals surface area contributed by atoms with Crippen LogP contribution in [0.1, 0.15) is 19.8 Å². The fraction of sp³-hybridized carbons (Fsp3) is 0.571. The van der Waals surface area contributed by atoms with Crippen molar-refractivity contribution in [2.75, 3.05) is 24.6 Å². The SMILES string of the molecule is CC1CCN(c2cccc(Br)c2)C(CCO)CN1. The van der Waals surface area contributed by atoms with Crippen LogP contribution in [0.2, 0.25) is 0 Å². The van der Waals surface area contributed by atoms with Gasteiger partial charge in [0.15, 0.2) is 0 Å². The molecule has 100 valence electrons. The molecule has 1 saturated heterocycles. The highest BCUT2D eigenvalue weighted by atomic mass is 79.9. The normalized spacial score (nSPS) is 24.9. The molecule has 1 aromatic rings. The first-order valence-corrected chi connectivity index (χ1v) is 7.36. The van der Waals surface area contributed by atoms with E-state index in [-0.39, 0.29) is 6.61 Å². The van der Waals surface area contributed by atoms with E-state index in [1.807, 2.05) is 6.07 Å². The standard InChI is InChI=1S/C14H21BrN2O/c1-11-5-7-17(14(6-8-18)10-16-11)13-4-2-3-12(15)9-13/h2-4,9,11,14,16,18H,5-8,10H2,1H3. The van der Waals surface area contributed by atoms with Crippen molar-refractivity contribution in [1.82, 2.24) is 5.32 Å². The maximum atomic E-state index is 9.23. The summed E-state index contributed by atoms with van der Waals surface area (Å²) in [5.41, 5.74) is 1.23. The summed E-state index contributed by atoms with van der Waals surface area (Å²) >= 11 is 3.53. The van der Waals surface area contributed by atoms with E-state index in [1.165, 1.54) is 5.69 Å². The summed E-state index contributed by atoms with van der Waals surface area (Å²) < 4.78 is 1.10. The smallest absolute Gasteiger partial charge is 0.0451 e. The summed E-state index contributed by atoms with van der Waals surface area (Å²) in [6.07, 6.45) is 1.95. The van der Waals surface area contributed by atoms with E-state index >= 15 is 0 Å². The van der Waals surface area contributed by atoms with Gasteiger partial charge in [-0.1, -0.05) is 22.0 Å². The molecule has 0 aromatic heterocycles. The van der Waals surface area contributed by atoms with Crippen molar-refractivity contribution >= 4 is 21.6 Å². The molecule has 1 aromatic carbocycles. The molecular formula is C14H21BrN2O. The summed E-state index contributed by atoms with van der Waals surface area (Å²) in [7, 11) is 0. The lowest BCUT2D eigenvalue weighted by atomic mass is 10.1. The summed E-state index contributed by atoms with van der Waals surface area (Å²) in [6.45, 7) is 4.44. The molecule has 0 spiro atoms. The zero-order chi connectivity index (χ0) is 13.0. The number of hydrogen-bond donors (Lipinski definition) is 2. The summed E-state index contributed by atoms with van der Waals surface area (Å²) in [4.78, 5) is 2.41. The predicted octanol–water partition coefficient (Wildman–Crippen LogP) is 2.39. The molecule has 0 radical (unpaired) electrons. The minimum Gasteiger partial charge on any atom is -0.396 e. The van der Waals surface area contributed by atoms with Crippen LogP contribution in [0.3, 0.4) is 0 Å². The van der Waals surface area contributed by atoms with E-state index in [2.05, 4.69) is 51.3 Å². The van der Waals surface area contributed by atoms with Crippen LogP contribution in [-0.4, -0.2) is 36.9 Å². The van der Waals surface area contributed by atoms with Gasteiger partial charge in [-0.15, -0.1) is 0 Å². The number of hydrogen-bond acceptors (Lipinski definition) is 3. The van der Waals surface area contributed by atoms with Gasteiger partial charge in [-0.2, -0.15) is 0 Å². The summed E-state index contributed by atoms with van der Waals surface area (Å²) in [5.74, 6) is 0. The molecule has 1 heterocycles. The first-order chi connectivity index (χ1) is 8.70. The van der Waals surface area contributed by atoms with Crippen molar-refractivity contribution < 1.29 is 5.11 Å². The molecule has 1 aliphatic rings. The van der Waals surface area contributed by atoms with Crippen molar-refractivity contribution in [3.63, 3.8) is 0 Å². The third-order valence-corrected chi connectivity index (χ3v) is 4.04. The molecule has 2 atom stereocenters. The molecule has 2 N–H and O–H groups in total. The molecule has 0 saturated carbocycles. The molecule has 2 unspecified atom stereocenters. The minimum atomic E-state index is 0.241. The molecular weight excluding hydrogens is 292 g/mol. The van der Waals surface area contributed by atoms with E-state index in [9.17, 15) is 5.11 Å². The minimum absolute atomic E-state index is 0.241. The molecule has 1 aliphatic heterocycles. The van der Waals surface area contributed by atoms with Crippen molar-refractivity contribution in [2.45, 2.75) is 31.8 Å². The maximum absolute atomic E-state index is 9.23. The monoisotopic (exact) mass is 312 g/mol. The number of nitrogens with zero attached hydrogens (tertiary/aromatic N) is 1. The molecule has 0 aliphatic carbocycles. The van der Waals surface area contributed by atoms with Gasteiger partial charge in [0.1, 0.15) is 0 Å². The fourth-order valence-electron chi connectivity index (χ4n) is 2.47. The molecule has 1 fully saturated rings. The Balaban J connectivity index is 2.20. The summed E-state index contributed by atoms with van der Waals surface area (Å²) in [5, 5.41) is 12.8. The van der Waals surface area contributed by atoms with Crippen molar-refractivity contribution in [1.29, 1.82) is 0 Å². The van der Waals surface area contributed by atoms with Crippen molar-refractivity contribution in [3.8, 4) is 0 Å². The van der Waals surface area contributed by atoms with Crippen LogP contribution in [0.25, 0.3) is 0 Å². The predicted molar refractivity (Wildman–Crippen MR) is 79.1 cm³/mol. The highest BCUT2D eigenvalue weighted by Crippen LogP contribution is 2.24. The number of aliphatic hydroxyl groups excluding tert-OH is 1. The van der Waals surface area contributed by atoms with Gasteiger partial charge in [0.25, 0.3) is 0 Å². The van der Waals surface area contributed by atoms with Crippen LogP contribution < -0.4 is 10.2 Å². The maximum Gasteiger partial charge on any atom is 0.0451 e. The third kappa shape index (κ3) is 3.46. The van der Waals surface area contributed by atoms with Gasteiger partial charge < -0.3 is 15.3 Å². The second-order valence-electron chi connectivity index (χ2n) is 4.94. The Labute approximate surface area is 117 Å². The third-order valence-electron chi connectivity index (χ3n) is 3.55. The quantitative estimate of drug-likeness (QED) is 0.899. The van der Waals surface area contributed by atoms with E-state index in [1.54, 1.807) is 0 Å². The van der Waals surface area contributed by atoms with E-state index in [4.69, 9.17) is 0 Å². The first-order valence-electron chi connectivity index (χ1n) is 6.57. The Hall–Kier alpha value is -0.580. The van der Waals surface area contributed by atoms with Gasteiger partial charge in [-0.05, 0) is 38.0 Å². The van der Waals surface area contributed by atoms with Crippen LogP contribution in [0, 0.1) is 0 Å². The van der Waals surface area contributed by atoms with Crippen LogP contribution in [0.5, 0.6) is 0 Å². The topological polar surface area (TPSA) is 35.5 Å². The van der Waals surface area contributed by atoms with Crippen LogP contribution in [0.15, 0.2) is 28.7 Å².